The van der Waals surface area contributed by atoms with E-state index in [1.165, 1.54) is 16.8 Å². The number of anilines is 1. The average molecular weight is 553 g/mol. The first-order valence-corrected chi connectivity index (χ1v) is 14.8. The number of hydrogen-bond donors (Lipinski definition) is 1. The Morgan fingerprint density at radius 1 is 1.12 bits per heavy atom. The van der Waals surface area contributed by atoms with E-state index in [0.29, 0.717) is 11.5 Å². The highest BCUT2D eigenvalue weighted by Gasteiger charge is 2.22. The summed E-state index contributed by atoms with van der Waals surface area (Å²) in [5, 5.41) is 0. The lowest BCUT2D eigenvalue weighted by molar-refractivity contribution is 0.0766. The molecule has 0 saturated carbocycles. The van der Waals surface area contributed by atoms with Crippen molar-refractivity contribution in [2.45, 2.75) is 26.7 Å². The molecule has 41 heavy (non-hydrogen) atoms. The lowest BCUT2D eigenvalue weighted by Gasteiger charge is -2.36. The summed E-state index contributed by atoms with van der Waals surface area (Å²) in [5.74, 6) is 0.453. The van der Waals surface area contributed by atoms with Crippen LogP contribution < -0.4 is 4.90 Å². The molecule has 4 aromatic rings. The van der Waals surface area contributed by atoms with Gasteiger partial charge in [0.2, 0.25) is 0 Å². The van der Waals surface area contributed by atoms with E-state index in [4.69, 9.17) is 14.7 Å². The maximum atomic E-state index is 13.0. The summed E-state index contributed by atoms with van der Waals surface area (Å²) in [7, 11) is 4.06. The molecule has 2 fully saturated rings. The number of carbonyl (C=O) groups excluding carboxylic acids is 1. The number of aromatic nitrogens is 3. The van der Waals surface area contributed by atoms with Crippen LogP contribution in [0.5, 0.6) is 0 Å². The van der Waals surface area contributed by atoms with Crippen molar-refractivity contribution in [3.63, 3.8) is 0 Å². The molecule has 4 heterocycles. The number of ether oxygens (including phenoxy) is 1. The number of aromatic amines is 1. The molecule has 1 atom stereocenters. The Morgan fingerprint density at radius 2 is 1.90 bits per heavy atom. The molecule has 2 aliphatic heterocycles. The summed E-state index contributed by atoms with van der Waals surface area (Å²) >= 11 is 0. The van der Waals surface area contributed by atoms with Crippen LogP contribution in [-0.2, 0) is 11.2 Å². The van der Waals surface area contributed by atoms with Gasteiger partial charge in [0.1, 0.15) is 5.52 Å². The lowest BCUT2D eigenvalue weighted by Crippen LogP contribution is -2.45. The fourth-order valence-corrected chi connectivity index (χ4v) is 6.21. The molecule has 214 valence electrons. The molecule has 6 rings (SSSR count). The normalized spacial score (nSPS) is 17.9. The van der Waals surface area contributed by atoms with E-state index in [1.54, 1.807) is 4.90 Å². The van der Waals surface area contributed by atoms with Crippen LogP contribution in [0.3, 0.4) is 0 Å². The molecule has 2 aromatic carbocycles. The van der Waals surface area contributed by atoms with Gasteiger partial charge in [0, 0.05) is 80.9 Å². The zero-order valence-corrected chi connectivity index (χ0v) is 24.6. The molecular weight excluding hydrogens is 512 g/mol. The van der Waals surface area contributed by atoms with Gasteiger partial charge < -0.3 is 24.4 Å². The van der Waals surface area contributed by atoms with E-state index in [0.717, 1.165) is 92.3 Å². The molecule has 8 nitrogen and oxygen atoms in total. The number of carbonyl (C=O) groups is 1. The highest BCUT2D eigenvalue weighted by atomic mass is 16.5. The molecule has 1 unspecified atom stereocenters. The zero-order valence-electron chi connectivity index (χ0n) is 24.6. The Hall–Kier alpha value is -3.75. The van der Waals surface area contributed by atoms with E-state index in [2.05, 4.69) is 47.8 Å². The Balaban J connectivity index is 1.26. The van der Waals surface area contributed by atoms with Crippen molar-refractivity contribution in [2.24, 2.45) is 5.92 Å². The molecular formula is C33H40N6O2. The van der Waals surface area contributed by atoms with Crippen molar-refractivity contribution < 1.29 is 9.53 Å². The number of nitrogens with one attached hydrogen (secondary N) is 1. The summed E-state index contributed by atoms with van der Waals surface area (Å²) in [5.41, 5.74) is 10.2. The summed E-state index contributed by atoms with van der Waals surface area (Å²) in [4.78, 5) is 32.8. The Labute approximate surface area is 242 Å². The van der Waals surface area contributed by atoms with Crippen molar-refractivity contribution in [1.82, 2.24) is 24.8 Å². The SMILES string of the molecule is CCc1cc(-c2cnc3[nH]cc(-c4ccc(C(=O)N(C)CC5CCOC5)cc4)c3n2)cc(C)c1N1CCN(C)CC1. The van der Waals surface area contributed by atoms with Gasteiger partial charge in [0.05, 0.1) is 18.5 Å². The van der Waals surface area contributed by atoms with Crippen molar-refractivity contribution in [1.29, 1.82) is 0 Å². The number of hydrogen-bond acceptors (Lipinski definition) is 6. The summed E-state index contributed by atoms with van der Waals surface area (Å²) in [6.45, 7) is 11.0. The van der Waals surface area contributed by atoms with Gasteiger partial charge in [-0.05, 0) is 67.8 Å². The molecule has 1 amide bonds. The van der Waals surface area contributed by atoms with E-state index in [9.17, 15) is 4.79 Å². The maximum Gasteiger partial charge on any atom is 0.253 e. The Morgan fingerprint density at radius 3 is 2.61 bits per heavy atom. The van der Waals surface area contributed by atoms with Gasteiger partial charge >= 0.3 is 0 Å². The van der Waals surface area contributed by atoms with Crippen LogP contribution in [0.15, 0.2) is 48.8 Å². The highest BCUT2D eigenvalue weighted by Crippen LogP contribution is 2.34. The first-order chi connectivity index (χ1) is 19.9. The quantitative estimate of drug-likeness (QED) is 0.347. The van der Waals surface area contributed by atoms with E-state index < -0.39 is 0 Å². The molecule has 0 spiro atoms. The fourth-order valence-electron chi connectivity index (χ4n) is 6.21. The third-order valence-electron chi connectivity index (χ3n) is 8.60. The number of H-pyrrole nitrogens is 1. The van der Waals surface area contributed by atoms with E-state index in [-0.39, 0.29) is 5.91 Å². The maximum absolute atomic E-state index is 13.0. The van der Waals surface area contributed by atoms with Gasteiger partial charge in [0.15, 0.2) is 5.65 Å². The monoisotopic (exact) mass is 552 g/mol. The number of likely N-dealkylation sites (N-methyl/N-ethyl adjacent to an activating group) is 1. The van der Waals surface area contributed by atoms with E-state index in [1.807, 2.05) is 43.7 Å². The third kappa shape index (κ3) is 5.59. The third-order valence-corrected chi connectivity index (χ3v) is 8.60. The highest BCUT2D eigenvalue weighted by molar-refractivity contribution is 5.96. The Bertz CT molecular complexity index is 1530. The molecule has 8 heteroatoms. The molecule has 0 radical (unpaired) electrons. The smallest absolute Gasteiger partial charge is 0.253 e. The predicted molar refractivity (Wildman–Crippen MR) is 164 cm³/mol. The van der Waals surface area contributed by atoms with Crippen molar-refractivity contribution in [3.05, 3.63) is 65.5 Å². The van der Waals surface area contributed by atoms with Crippen LogP contribution in [0.2, 0.25) is 0 Å². The summed E-state index contributed by atoms with van der Waals surface area (Å²) < 4.78 is 5.47. The number of amides is 1. The van der Waals surface area contributed by atoms with E-state index >= 15 is 0 Å². The van der Waals surface area contributed by atoms with Gasteiger partial charge in [0.25, 0.3) is 5.91 Å². The zero-order chi connectivity index (χ0) is 28.5. The minimum Gasteiger partial charge on any atom is -0.381 e. The second kappa shape index (κ2) is 11.6. The fraction of sp³-hybridized carbons (Fsp3) is 0.424. The Kier molecular flexibility index (Phi) is 7.77. The number of rotatable bonds is 7. The van der Waals surface area contributed by atoms with Crippen molar-refractivity contribution in [2.75, 3.05) is 64.9 Å². The van der Waals surface area contributed by atoms with Gasteiger partial charge in [-0.3, -0.25) is 4.79 Å². The number of fused-ring (bicyclic) bond motifs is 1. The molecule has 1 N–H and O–H groups in total. The molecule has 2 saturated heterocycles. The summed E-state index contributed by atoms with van der Waals surface area (Å²) in [6.07, 6.45) is 5.80. The number of nitrogens with zero attached hydrogens (tertiary/aromatic N) is 5. The number of aryl methyl sites for hydroxylation is 2. The second-order valence-electron chi connectivity index (χ2n) is 11.6. The minimum absolute atomic E-state index is 0.0339. The van der Waals surface area contributed by atoms with Gasteiger partial charge in [-0.2, -0.15) is 0 Å². The van der Waals surface area contributed by atoms with Crippen molar-refractivity contribution in [3.8, 4) is 22.4 Å². The van der Waals surface area contributed by atoms with Gasteiger partial charge in [-0.15, -0.1) is 0 Å². The molecule has 0 bridgehead atoms. The standard InChI is InChI=1S/C33H40N6O2/c1-5-24-17-27(16-22(2)31(24)39-13-11-37(3)12-14-39)29-19-35-32-30(36-29)28(18-34-32)25-6-8-26(9-7-25)33(40)38(4)20-23-10-15-41-21-23/h6-9,16-19,23H,5,10-15,20-21H2,1-4H3,(H,34,35). The largest absolute Gasteiger partial charge is 0.381 e. The van der Waals surface area contributed by atoms with Gasteiger partial charge in [-0.25, -0.2) is 9.97 Å². The van der Waals surface area contributed by atoms with Crippen LogP contribution in [0.1, 0.15) is 34.8 Å². The first kappa shape index (κ1) is 27.4. The van der Waals surface area contributed by atoms with Crippen LogP contribution in [0, 0.1) is 12.8 Å². The first-order valence-electron chi connectivity index (χ1n) is 14.8. The lowest BCUT2D eigenvalue weighted by atomic mass is 9.98. The van der Waals surface area contributed by atoms with Crippen LogP contribution in [0.25, 0.3) is 33.5 Å². The minimum atomic E-state index is 0.0339. The number of benzene rings is 2. The van der Waals surface area contributed by atoms with Crippen LogP contribution in [-0.4, -0.2) is 90.7 Å². The second-order valence-corrected chi connectivity index (χ2v) is 11.6. The molecule has 0 aliphatic carbocycles. The van der Waals surface area contributed by atoms with Crippen LogP contribution >= 0.6 is 0 Å². The molecule has 2 aromatic heterocycles. The average Bonchev–Trinajstić information content (AvgIpc) is 3.66. The topological polar surface area (TPSA) is 77.6 Å². The summed E-state index contributed by atoms with van der Waals surface area (Å²) in [6, 6.07) is 12.4. The van der Waals surface area contributed by atoms with Crippen LogP contribution in [0.4, 0.5) is 5.69 Å². The van der Waals surface area contributed by atoms with Crippen molar-refractivity contribution >= 4 is 22.8 Å². The van der Waals surface area contributed by atoms with Gasteiger partial charge in [-0.1, -0.05) is 19.1 Å². The number of piperazine rings is 1. The predicted octanol–water partition coefficient (Wildman–Crippen LogP) is 5.02. The molecule has 2 aliphatic rings.